The highest BCUT2D eigenvalue weighted by molar-refractivity contribution is 5.98. The molecule has 4 nitrogen and oxygen atoms in total. The summed E-state index contributed by atoms with van der Waals surface area (Å²) >= 11 is 0. The number of carbonyl (C=O) groups is 2. The van der Waals surface area contributed by atoms with Crippen LogP contribution in [0.5, 0.6) is 0 Å². The maximum Gasteiger partial charge on any atom is 0.407 e. The van der Waals surface area contributed by atoms with Crippen LogP contribution >= 0.6 is 0 Å². The molecule has 1 amide bonds. The molecule has 4 heteroatoms. The van der Waals surface area contributed by atoms with Crippen molar-refractivity contribution in [2.24, 2.45) is 0 Å². The zero-order valence-electron chi connectivity index (χ0n) is 13.7. The summed E-state index contributed by atoms with van der Waals surface area (Å²) in [6.07, 6.45) is -0.243. The summed E-state index contributed by atoms with van der Waals surface area (Å²) in [5.74, 6) is 0.0276. The number of nitrogens with one attached hydrogen (secondary N) is 1. The number of ketones is 1. The molecule has 0 aliphatic heterocycles. The Morgan fingerprint density at radius 1 is 1.24 bits per heavy atom. The van der Waals surface area contributed by atoms with Gasteiger partial charge in [0.05, 0.1) is 0 Å². The molecule has 1 rings (SSSR count). The number of hydrogen-bond donors (Lipinski definition) is 1. The molecule has 1 N–H and O–H groups in total. The second-order valence-electron chi connectivity index (χ2n) is 6.49. The van der Waals surface area contributed by atoms with Crippen molar-refractivity contribution in [2.75, 3.05) is 0 Å². The fourth-order valence-corrected chi connectivity index (χ4v) is 1.98. The smallest absolute Gasteiger partial charge is 0.407 e. The van der Waals surface area contributed by atoms with Gasteiger partial charge in [0.15, 0.2) is 5.78 Å². The number of benzene rings is 1. The second-order valence-corrected chi connectivity index (χ2v) is 6.49. The van der Waals surface area contributed by atoms with Gasteiger partial charge in [0.1, 0.15) is 5.60 Å². The first-order valence-corrected chi connectivity index (χ1v) is 7.18. The molecule has 21 heavy (non-hydrogen) atoms. The third-order valence-corrected chi connectivity index (χ3v) is 2.95. The Hall–Kier alpha value is -1.84. The van der Waals surface area contributed by atoms with Crippen LogP contribution in [-0.4, -0.2) is 23.5 Å². The van der Waals surface area contributed by atoms with Crippen LogP contribution in [0.4, 0.5) is 4.79 Å². The molecule has 1 atom stereocenters. The number of aryl methyl sites for hydroxylation is 2. The van der Waals surface area contributed by atoms with Crippen LogP contribution in [-0.2, 0) is 4.74 Å². The van der Waals surface area contributed by atoms with Crippen LogP contribution in [0.15, 0.2) is 18.2 Å². The Balaban J connectivity index is 2.62. The largest absolute Gasteiger partial charge is 0.444 e. The van der Waals surface area contributed by atoms with Gasteiger partial charge in [-0.05, 0) is 53.2 Å². The van der Waals surface area contributed by atoms with E-state index in [1.807, 2.05) is 32.0 Å². The Bertz CT molecular complexity index is 529. The van der Waals surface area contributed by atoms with Crippen molar-refractivity contribution in [3.05, 3.63) is 34.9 Å². The van der Waals surface area contributed by atoms with E-state index in [0.29, 0.717) is 5.56 Å². The lowest BCUT2D eigenvalue weighted by atomic mass is 9.98. The van der Waals surface area contributed by atoms with Crippen molar-refractivity contribution < 1.29 is 14.3 Å². The normalized spacial score (nSPS) is 12.7. The highest BCUT2D eigenvalue weighted by Crippen LogP contribution is 2.14. The number of Topliss-reactive ketones (excluding diaryl/α,β-unsaturated/α-hetero) is 1. The summed E-state index contributed by atoms with van der Waals surface area (Å²) in [6.45, 7) is 11.1. The van der Waals surface area contributed by atoms with Crippen LogP contribution in [0.3, 0.4) is 0 Å². The maximum absolute atomic E-state index is 12.3. The molecule has 0 radical (unpaired) electrons. The van der Waals surface area contributed by atoms with Crippen LogP contribution in [0.25, 0.3) is 0 Å². The summed E-state index contributed by atoms with van der Waals surface area (Å²) < 4.78 is 5.18. The van der Waals surface area contributed by atoms with E-state index in [2.05, 4.69) is 5.32 Å². The standard InChI is InChI=1S/C17H25NO3/c1-11-7-8-12(2)14(9-11)15(19)10-13(3)18-16(20)21-17(4,5)6/h7-9,13H,10H2,1-6H3,(H,18,20). The van der Waals surface area contributed by atoms with Crippen LogP contribution in [0.2, 0.25) is 0 Å². The fraction of sp³-hybridized carbons (Fsp3) is 0.529. The number of amides is 1. The molecule has 0 bridgehead atoms. The minimum Gasteiger partial charge on any atom is -0.444 e. The number of carbonyl (C=O) groups excluding carboxylic acids is 2. The summed E-state index contributed by atoms with van der Waals surface area (Å²) in [6, 6.07) is 5.54. The average Bonchev–Trinajstić information content (AvgIpc) is 2.29. The molecule has 1 aromatic carbocycles. The van der Waals surface area contributed by atoms with E-state index >= 15 is 0 Å². The second kappa shape index (κ2) is 6.74. The first-order chi connectivity index (χ1) is 9.58. The van der Waals surface area contributed by atoms with Crippen molar-refractivity contribution in [2.45, 2.75) is 59.6 Å². The molecule has 0 fully saturated rings. The van der Waals surface area contributed by atoms with Gasteiger partial charge in [0, 0.05) is 18.0 Å². The molecule has 116 valence electrons. The van der Waals surface area contributed by atoms with Crippen LogP contribution in [0.1, 0.15) is 55.6 Å². The molecule has 0 aliphatic rings. The third-order valence-electron chi connectivity index (χ3n) is 2.95. The molecule has 0 heterocycles. The van der Waals surface area contributed by atoms with Crippen molar-refractivity contribution in [1.82, 2.24) is 5.32 Å². The topological polar surface area (TPSA) is 55.4 Å². The van der Waals surface area contributed by atoms with Gasteiger partial charge in [-0.2, -0.15) is 0 Å². The number of rotatable bonds is 4. The van der Waals surface area contributed by atoms with E-state index < -0.39 is 11.7 Å². The fourth-order valence-electron chi connectivity index (χ4n) is 1.98. The Morgan fingerprint density at radius 2 is 1.86 bits per heavy atom. The van der Waals surface area contributed by atoms with Gasteiger partial charge in [0.2, 0.25) is 0 Å². The van der Waals surface area contributed by atoms with E-state index in [4.69, 9.17) is 4.74 Å². The summed E-state index contributed by atoms with van der Waals surface area (Å²) in [5, 5.41) is 2.69. The number of alkyl carbamates (subject to hydrolysis) is 1. The van der Waals surface area contributed by atoms with Gasteiger partial charge in [-0.3, -0.25) is 4.79 Å². The molecular formula is C17H25NO3. The van der Waals surface area contributed by atoms with Gasteiger partial charge < -0.3 is 10.1 Å². The molecule has 0 spiro atoms. The third kappa shape index (κ3) is 5.98. The van der Waals surface area contributed by atoms with Crippen molar-refractivity contribution in [1.29, 1.82) is 0 Å². The van der Waals surface area contributed by atoms with Gasteiger partial charge >= 0.3 is 6.09 Å². The van der Waals surface area contributed by atoms with Crippen LogP contribution in [0, 0.1) is 13.8 Å². The predicted octanol–water partition coefficient (Wildman–Crippen LogP) is 3.79. The minimum absolute atomic E-state index is 0.0276. The molecule has 0 aliphatic carbocycles. The highest BCUT2D eigenvalue weighted by Gasteiger charge is 2.19. The maximum atomic E-state index is 12.3. The Morgan fingerprint density at radius 3 is 2.43 bits per heavy atom. The van der Waals surface area contributed by atoms with E-state index in [1.54, 1.807) is 27.7 Å². The van der Waals surface area contributed by atoms with Crippen molar-refractivity contribution in [3.63, 3.8) is 0 Å². The Labute approximate surface area is 126 Å². The quantitative estimate of drug-likeness (QED) is 0.859. The van der Waals surface area contributed by atoms with Gasteiger partial charge in [-0.1, -0.05) is 17.7 Å². The molecule has 1 aromatic rings. The molecule has 0 aromatic heterocycles. The number of ether oxygens (including phenoxy) is 1. The van der Waals surface area contributed by atoms with Gasteiger partial charge in [-0.15, -0.1) is 0 Å². The van der Waals surface area contributed by atoms with E-state index in [0.717, 1.165) is 11.1 Å². The molecule has 1 unspecified atom stereocenters. The van der Waals surface area contributed by atoms with Gasteiger partial charge in [-0.25, -0.2) is 4.79 Å². The predicted molar refractivity (Wildman–Crippen MR) is 83.7 cm³/mol. The van der Waals surface area contributed by atoms with E-state index in [9.17, 15) is 9.59 Å². The average molecular weight is 291 g/mol. The zero-order chi connectivity index (χ0) is 16.2. The minimum atomic E-state index is -0.541. The summed E-state index contributed by atoms with van der Waals surface area (Å²) in [7, 11) is 0. The molecule has 0 saturated carbocycles. The lowest BCUT2D eigenvalue weighted by Gasteiger charge is -2.21. The lowest BCUT2D eigenvalue weighted by molar-refractivity contribution is 0.0506. The van der Waals surface area contributed by atoms with E-state index in [1.165, 1.54) is 0 Å². The molecular weight excluding hydrogens is 266 g/mol. The van der Waals surface area contributed by atoms with Crippen LogP contribution < -0.4 is 5.32 Å². The lowest BCUT2D eigenvalue weighted by Crippen LogP contribution is -2.38. The first-order valence-electron chi connectivity index (χ1n) is 7.18. The molecule has 0 saturated heterocycles. The van der Waals surface area contributed by atoms with Crippen molar-refractivity contribution in [3.8, 4) is 0 Å². The first kappa shape index (κ1) is 17.2. The Kier molecular flexibility index (Phi) is 5.53. The number of hydrogen-bond acceptors (Lipinski definition) is 3. The SMILES string of the molecule is Cc1ccc(C)c(C(=O)CC(C)NC(=O)OC(C)(C)C)c1. The zero-order valence-corrected chi connectivity index (χ0v) is 13.7. The van der Waals surface area contributed by atoms with Crippen molar-refractivity contribution >= 4 is 11.9 Å². The van der Waals surface area contributed by atoms with E-state index in [-0.39, 0.29) is 18.2 Å². The summed E-state index contributed by atoms with van der Waals surface area (Å²) in [5.41, 5.74) is 2.18. The van der Waals surface area contributed by atoms with Gasteiger partial charge in [0.25, 0.3) is 0 Å². The monoisotopic (exact) mass is 291 g/mol. The highest BCUT2D eigenvalue weighted by atomic mass is 16.6. The summed E-state index contributed by atoms with van der Waals surface area (Å²) in [4.78, 5) is 24.0.